The minimum atomic E-state index is -1.11. The Morgan fingerprint density at radius 2 is 1.83 bits per heavy atom. The van der Waals surface area contributed by atoms with Crippen molar-refractivity contribution in [1.29, 1.82) is 0 Å². The number of nitrogens with zero attached hydrogens (tertiary/aromatic N) is 1. The van der Waals surface area contributed by atoms with Gasteiger partial charge in [0.25, 0.3) is 0 Å². The van der Waals surface area contributed by atoms with Crippen LogP contribution in [0.15, 0.2) is 39.9 Å². The van der Waals surface area contributed by atoms with Crippen molar-refractivity contribution >= 4 is 35.5 Å². The molecule has 3 atom stereocenters. The van der Waals surface area contributed by atoms with E-state index < -0.39 is 17.5 Å². The van der Waals surface area contributed by atoms with E-state index in [4.69, 9.17) is 4.74 Å². The summed E-state index contributed by atoms with van der Waals surface area (Å²) < 4.78 is 5.13. The van der Waals surface area contributed by atoms with Crippen LogP contribution in [0.2, 0.25) is 0 Å². The van der Waals surface area contributed by atoms with Crippen molar-refractivity contribution in [3.8, 4) is 0 Å². The van der Waals surface area contributed by atoms with Crippen molar-refractivity contribution in [2.24, 2.45) is 22.2 Å². The first-order valence-corrected chi connectivity index (χ1v) is 13.6. The number of aliphatic imine (C=N–C) groups is 1. The number of hydrogen-bond donors (Lipinski definition) is 1. The van der Waals surface area contributed by atoms with Gasteiger partial charge in [-0.2, -0.15) is 0 Å². The Bertz CT molecular complexity index is 796. The fourth-order valence-electron chi connectivity index (χ4n) is 3.74. The minimum absolute atomic E-state index is 0.129. The molecule has 0 aromatic carbocycles. The molecule has 7 heteroatoms. The molecule has 0 radical (unpaired) electrons. The summed E-state index contributed by atoms with van der Waals surface area (Å²) in [4.78, 5) is 41.1. The number of carbonyl (C=O) groups is 3. The number of ketones is 2. The van der Waals surface area contributed by atoms with Crippen LogP contribution in [-0.2, 0) is 19.1 Å². The number of thioether (sulfide) groups is 1. The van der Waals surface area contributed by atoms with Crippen molar-refractivity contribution < 1.29 is 24.2 Å². The highest BCUT2D eigenvalue weighted by atomic mass is 32.2. The van der Waals surface area contributed by atoms with E-state index >= 15 is 0 Å². The third-order valence-electron chi connectivity index (χ3n) is 6.03. The lowest BCUT2D eigenvalue weighted by molar-refractivity contribution is -0.150. The first kappa shape index (κ1) is 33.0. The van der Waals surface area contributed by atoms with Gasteiger partial charge >= 0.3 is 5.97 Å². The lowest BCUT2D eigenvalue weighted by Gasteiger charge is -2.31. The van der Waals surface area contributed by atoms with Gasteiger partial charge in [0.15, 0.2) is 0 Å². The predicted octanol–water partition coefficient (Wildman–Crippen LogP) is 6.10. The average Bonchev–Trinajstić information content (AvgIpc) is 2.79. The van der Waals surface area contributed by atoms with Gasteiger partial charge < -0.3 is 9.84 Å². The molecule has 1 rings (SSSR count). The number of aliphatic hydroxyl groups is 1. The highest BCUT2D eigenvalue weighted by Crippen LogP contribution is 2.31. The number of ether oxygens (including phenoxy) is 1. The average molecular weight is 508 g/mol. The van der Waals surface area contributed by atoms with Gasteiger partial charge in [0.2, 0.25) is 0 Å². The van der Waals surface area contributed by atoms with Gasteiger partial charge in [-0.1, -0.05) is 45.4 Å². The van der Waals surface area contributed by atoms with Crippen LogP contribution in [-0.4, -0.2) is 47.8 Å². The molecule has 3 unspecified atom stereocenters. The summed E-state index contributed by atoms with van der Waals surface area (Å²) in [6.45, 7) is 13.0. The molecule has 1 heterocycles. The maximum Gasteiger partial charge on any atom is 0.308 e. The zero-order valence-electron chi connectivity index (χ0n) is 22.8. The van der Waals surface area contributed by atoms with Gasteiger partial charge in [-0.25, -0.2) is 0 Å². The van der Waals surface area contributed by atoms with Gasteiger partial charge in [0, 0.05) is 24.5 Å². The Hall–Kier alpha value is -1.99. The number of allylic oxidation sites excluding steroid dienone is 3. The number of esters is 1. The second-order valence-electron chi connectivity index (χ2n) is 9.54. The van der Waals surface area contributed by atoms with Crippen molar-refractivity contribution in [2.45, 2.75) is 86.7 Å². The SMILES string of the molecule is C/C1=C/CCOC(=O)CC(O)C(C)(C)C(=O)C(C)CC(C)C(=O)CC1.CC=NC(/C=C\C)=C\SC. The molecule has 0 fully saturated rings. The first-order chi connectivity index (χ1) is 16.4. The molecular weight excluding hydrogens is 462 g/mol. The third-order valence-corrected chi connectivity index (χ3v) is 6.50. The molecule has 0 aromatic rings. The Balaban J connectivity index is 0.000000972. The molecule has 35 heavy (non-hydrogen) atoms. The predicted molar refractivity (Wildman–Crippen MR) is 147 cm³/mol. The van der Waals surface area contributed by atoms with Gasteiger partial charge in [0.05, 0.1) is 30.2 Å². The summed E-state index contributed by atoms with van der Waals surface area (Å²) in [7, 11) is 0. The normalized spacial score (nSPS) is 27.2. The van der Waals surface area contributed by atoms with E-state index in [0.717, 1.165) is 11.3 Å². The number of aliphatic hydroxyl groups excluding tert-OH is 1. The van der Waals surface area contributed by atoms with Crippen molar-refractivity contribution in [3.63, 3.8) is 0 Å². The molecular formula is C28H45NO5S. The second-order valence-corrected chi connectivity index (χ2v) is 10.2. The van der Waals surface area contributed by atoms with Gasteiger partial charge in [-0.05, 0) is 57.8 Å². The van der Waals surface area contributed by atoms with Crippen LogP contribution in [0, 0.1) is 17.3 Å². The van der Waals surface area contributed by atoms with Crippen molar-refractivity contribution in [2.75, 3.05) is 12.9 Å². The van der Waals surface area contributed by atoms with E-state index in [1.165, 1.54) is 0 Å². The molecule has 1 N–H and O–H groups in total. The van der Waals surface area contributed by atoms with Crippen LogP contribution in [0.4, 0.5) is 0 Å². The maximum absolute atomic E-state index is 12.7. The number of rotatable bonds is 3. The molecule has 0 aromatic heterocycles. The van der Waals surface area contributed by atoms with Gasteiger partial charge in [-0.3, -0.25) is 19.4 Å². The van der Waals surface area contributed by atoms with Crippen molar-refractivity contribution in [1.82, 2.24) is 0 Å². The Kier molecular flexibility index (Phi) is 16.4. The van der Waals surface area contributed by atoms with Crippen LogP contribution in [0.5, 0.6) is 0 Å². The fourth-order valence-corrected chi connectivity index (χ4v) is 4.12. The summed E-state index contributed by atoms with van der Waals surface area (Å²) in [5.74, 6) is -1.02. The summed E-state index contributed by atoms with van der Waals surface area (Å²) in [6.07, 6.45) is 10.6. The first-order valence-electron chi connectivity index (χ1n) is 12.3. The number of hydrogen-bond acceptors (Lipinski definition) is 7. The maximum atomic E-state index is 12.7. The third kappa shape index (κ3) is 13.0. The van der Waals surface area contributed by atoms with E-state index in [1.807, 2.05) is 57.6 Å². The number of cyclic esters (lactones) is 1. The smallest absolute Gasteiger partial charge is 0.308 e. The summed E-state index contributed by atoms with van der Waals surface area (Å²) >= 11 is 1.66. The molecule has 0 aliphatic carbocycles. The van der Waals surface area contributed by atoms with E-state index in [-0.39, 0.29) is 36.4 Å². The Morgan fingerprint density at radius 1 is 1.17 bits per heavy atom. The summed E-state index contributed by atoms with van der Waals surface area (Å²) in [6, 6.07) is 0. The van der Waals surface area contributed by atoms with Gasteiger partial charge in [-0.15, -0.1) is 11.8 Å². The largest absolute Gasteiger partial charge is 0.465 e. The lowest BCUT2D eigenvalue weighted by Crippen LogP contribution is -2.42. The zero-order chi connectivity index (χ0) is 27.0. The van der Waals surface area contributed by atoms with E-state index in [2.05, 4.69) is 4.99 Å². The molecule has 0 bridgehead atoms. The molecule has 0 saturated carbocycles. The Labute approximate surface area is 216 Å². The second kappa shape index (κ2) is 17.4. The minimum Gasteiger partial charge on any atom is -0.465 e. The zero-order valence-corrected chi connectivity index (χ0v) is 23.6. The summed E-state index contributed by atoms with van der Waals surface area (Å²) in [5.41, 5.74) is 1.04. The monoisotopic (exact) mass is 507 g/mol. The highest BCUT2D eigenvalue weighted by molar-refractivity contribution is 8.01. The summed E-state index contributed by atoms with van der Waals surface area (Å²) in [5, 5.41) is 12.4. The fraction of sp³-hybridized carbons (Fsp3) is 0.643. The van der Waals surface area contributed by atoms with Gasteiger partial charge in [0.1, 0.15) is 11.6 Å². The van der Waals surface area contributed by atoms with Crippen LogP contribution < -0.4 is 0 Å². The molecule has 0 saturated heterocycles. The van der Waals surface area contributed by atoms with Crippen LogP contribution in [0.25, 0.3) is 0 Å². The molecule has 1 aliphatic heterocycles. The molecule has 0 amide bonds. The van der Waals surface area contributed by atoms with Crippen LogP contribution in [0.3, 0.4) is 0 Å². The quantitative estimate of drug-likeness (QED) is 0.215. The van der Waals surface area contributed by atoms with Crippen LogP contribution >= 0.6 is 11.8 Å². The standard InChI is InChI=1S/C20H32O5.C8H13NS/c1-13-7-6-10-25-18(23)12-17(22)20(4,5)19(24)15(3)11-14(2)16(21)9-8-13;1-4-6-8(7-10-3)9-5-2/h7,14-15,17,22H,6,8-12H2,1-5H3;4-7H,1-3H3/b13-7-;6-4-,8-7-,9-5?. The molecule has 198 valence electrons. The molecule has 0 spiro atoms. The number of Topliss-reactive ketones (excluding diaryl/α,β-unsaturated/α-hetero) is 2. The van der Waals surface area contributed by atoms with E-state index in [9.17, 15) is 19.5 Å². The van der Waals surface area contributed by atoms with Crippen molar-refractivity contribution in [3.05, 3.63) is 34.9 Å². The molecule has 1 aliphatic rings. The molecule has 6 nitrogen and oxygen atoms in total. The topological polar surface area (TPSA) is 93.0 Å². The van der Waals surface area contributed by atoms with E-state index in [0.29, 0.717) is 25.7 Å². The lowest BCUT2D eigenvalue weighted by atomic mass is 9.74. The van der Waals surface area contributed by atoms with E-state index in [1.54, 1.807) is 38.7 Å². The van der Waals surface area contributed by atoms with Crippen LogP contribution in [0.1, 0.15) is 80.6 Å². The number of carbonyl (C=O) groups excluding carboxylic acids is 3. The Morgan fingerprint density at radius 3 is 2.40 bits per heavy atom. The highest BCUT2D eigenvalue weighted by Gasteiger charge is 2.39.